The highest BCUT2D eigenvalue weighted by molar-refractivity contribution is 6.31. The van der Waals surface area contributed by atoms with E-state index in [0.717, 1.165) is 54.6 Å². The fourth-order valence-electron chi connectivity index (χ4n) is 6.55. The summed E-state index contributed by atoms with van der Waals surface area (Å²) in [5, 5.41) is 19.0. The minimum Gasteiger partial charge on any atom is -0.489 e. The van der Waals surface area contributed by atoms with Crippen molar-refractivity contribution in [2.24, 2.45) is 22.7 Å². The second-order valence-electron chi connectivity index (χ2n) is 12.1. The first-order valence-corrected chi connectivity index (χ1v) is 14.3. The van der Waals surface area contributed by atoms with Crippen LogP contribution >= 0.6 is 11.6 Å². The summed E-state index contributed by atoms with van der Waals surface area (Å²) >= 11 is 6.23. The van der Waals surface area contributed by atoms with Crippen molar-refractivity contribution in [2.75, 3.05) is 6.61 Å². The van der Waals surface area contributed by atoms with Crippen LogP contribution in [0.15, 0.2) is 42.5 Å². The van der Waals surface area contributed by atoms with Gasteiger partial charge in [0.15, 0.2) is 0 Å². The Balaban J connectivity index is 1.48. The van der Waals surface area contributed by atoms with E-state index < -0.39 is 0 Å². The molecule has 1 heterocycles. The second-order valence-corrected chi connectivity index (χ2v) is 12.5. The number of aliphatic hydroxyl groups excluding tert-OH is 1. The van der Waals surface area contributed by atoms with E-state index in [9.17, 15) is 5.11 Å². The van der Waals surface area contributed by atoms with Gasteiger partial charge in [0.05, 0.1) is 16.3 Å². The van der Waals surface area contributed by atoms with Crippen LogP contribution in [0.25, 0.3) is 11.6 Å². The van der Waals surface area contributed by atoms with Crippen molar-refractivity contribution in [3.8, 4) is 23.7 Å². The molecule has 0 saturated heterocycles. The first-order chi connectivity index (χ1) is 18.5. The summed E-state index contributed by atoms with van der Waals surface area (Å²) < 4.78 is 6.40. The SMILES string of the molecule is C=C(C#CC1C(C)(C)C(Oc2ccc(C#N)c(Cl)c2)C1(C)C)c1ccc(C=C2CCC(CO)CC2)nc1CC. The summed E-state index contributed by atoms with van der Waals surface area (Å²) in [7, 11) is 0. The highest BCUT2D eigenvalue weighted by Gasteiger charge is 2.63. The molecule has 39 heavy (non-hydrogen) atoms. The number of allylic oxidation sites excluding steroid dienone is 2. The maximum atomic E-state index is 9.40. The van der Waals surface area contributed by atoms with Crippen molar-refractivity contribution in [3.63, 3.8) is 0 Å². The summed E-state index contributed by atoms with van der Waals surface area (Å²) in [4.78, 5) is 4.94. The number of pyridine rings is 1. The Labute approximate surface area is 238 Å². The number of nitriles is 1. The van der Waals surface area contributed by atoms with Crippen molar-refractivity contribution in [2.45, 2.75) is 72.8 Å². The average Bonchev–Trinajstić information content (AvgIpc) is 2.91. The maximum absolute atomic E-state index is 9.40. The van der Waals surface area contributed by atoms with Crippen LogP contribution in [0.4, 0.5) is 0 Å². The minimum absolute atomic E-state index is 0.0609. The van der Waals surface area contributed by atoms with Crippen molar-refractivity contribution >= 4 is 23.3 Å². The molecule has 204 valence electrons. The van der Waals surface area contributed by atoms with E-state index in [4.69, 9.17) is 26.6 Å². The zero-order chi connectivity index (χ0) is 28.4. The van der Waals surface area contributed by atoms with Crippen LogP contribution in [0, 0.1) is 45.8 Å². The fourth-order valence-corrected chi connectivity index (χ4v) is 6.76. The summed E-state index contributed by atoms with van der Waals surface area (Å²) in [6.07, 6.45) is 7.13. The number of benzene rings is 1. The molecule has 4 nitrogen and oxygen atoms in total. The van der Waals surface area contributed by atoms with E-state index in [2.05, 4.69) is 77.3 Å². The summed E-state index contributed by atoms with van der Waals surface area (Å²) in [6, 6.07) is 11.5. The molecule has 5 heteroatoms. The van der Waals surface area contributed by atoms with Gasteiger partial charge in [-0.1, -0.05) is 70.2 Å². The quantitative estimate of drug-likeness (QED) is 0.377. The van der Waals surface area contributed by atoms with E-state index >= 15 is 0 Å². The third-order valence-corrected chi connectivity index (χ3v) is 8.85. The number of hydrogen-bond acceptors (Lipinski definition) is 4. The van der Waals surface area contributed by atoms with Crippen molar-refractivity contribution in [3.05, 3.63) is 70.0 Å². The second kappa shape index (κ2) is 11.6. The fraction of sp³-hybridized carbons (Fsp3) is 0.471. The molecule has 2 aliphatic carbocycles. The van der Waals surface area contributed by atoms with Crippen LogP contribution in [-0.4, -0.2) is 22.8 Å². The molecule has 1 aromatic heterocycles. The molecule has 2 saturated carbocycles. The molecule has 1 N–H and O–H groups in total. The van der Waals surface area contributed by atoms with Gasteiger partial charge >= 0.3 is 0 Å². The lowest BCUT2D eigenvalue weighted by Crippen LogP contribution is -2.65. The lowest BCUT2D eigenvalue weighted by molar-refractivity contribution is -0.172. The summed E-state index contributed by atoms with van der Waals surface area (Å²) in [5.41, 5.74) is 5.27. The van der Waals surface area contributed by atoms with E-state index in [1.54, 1.807) is 18.2 Å². The molecule has 2 fully saturated rings. The predicted octanol–water partition coefficient (Wildman–Crippen LogP) is 7.88. The highest BCUT2D eigenvalue weighted by atomic mass is 35.5. The standard InChI is InChI=1S/C34H39ClN2O2/c1-7-30-28(16-14-26(37-30)18-23-9-11-24(21-38)12-10-23)22(2)8-17-31-33(3,4)32(34(31,5)6)39-27-15-13-25(20-36)29(35)19-27/h13-16,18-19,24,31-32,38H,2,7,9-12,21H2,1,3-6H3. The molecule has 0 aliphatic heterocycles. The molecule has 0 amide bonds. The van der Waals surface area contributed by atoms with Gasteiger partial charge in [0.1, 0.15) is 17.9 Å². The van der Waals surface area contributed by atoms with Crippen molar-refractivity contribution < 1.29 is 9.84 Å². The third-order valence-electron chi connectivity index (χ3n) is 8.54. The Hall–Kier alpha value is -3.05. The number of hydrogen-bond donors (Lipinski definition) is 1. The van der Waals surface area contributed by atoms with Crippen LogP contribution in [-0.2, 0) is 6.42 Å². The Morgan fingerprint density at radius 1 is 1.18 bits per heavy atom. The number of aromatic nitrogens is 1. The Morgan fingerprint density at radius 2 is 1.87 bits per heavy atom. The summed E-state index contributed by atoms with van der Waals surface area (Å²) in [5.74, 6) is 8.11. The molecule has 0 atom stereocenters. The maximum Gasteiger partial charge on any atom is 0.121 e. The van der Waals surface area contributed by atoms with Crippen LogP contribution in [0.2, 0.25) is 5.02 Å². The number of rotatable bonds is 6. The normalized spacial score (nSPS) is 23.0. The molecule has 1 aromatic carbocycles. The number of aliphatic hydroxyl groups is 1. The van der Waals surface area contributed by atoms with Gasteiger partial charge in [-0.15, -0.1) is 0 Å². The lowest BCUT2D eigenvalue weighted by atomic mass is 9.46. The number of ether oxygens (including phenoxy) is 1. The van der Waals surface area contributed by atoms with Gasteiger partial charge in [-0.25, -0.2) is 0 Å². The smallest absolute Gasteiger partial charge is 0.121 e. The van der Waals surface area contributed by atoms with E-state index in [-0.39, 0.29) is 29.5 Å². The van der Waals surface area contributed by atoms with E-state index in [0.29, 0.717) is 22.3 Å². The monoisotopic (exact) mass is 542 g/mol. The average molecular weight is 543 g/mol. The molecule has 4 rings (SSSR count). The van der Waals surface area contributed by atoms with E-state index in [1.807, 2.05) is 0 Å². The largest absolute Gasteiger partial charge is 0.489 e. The molecule has 0 spiro atoms. The van der Waals surface area contributed by atoms with Gasteiger partial charge in [0.25, 0.3) is 0 Å². The van der Waals surface area contributed by atoms with Gasteiger partial charge in [0, 0.05) is 46.3 Å². The van der Waals surface area contributed by atoms with Crippen LogP contribution in [0.1, 0.15) is 82.8 Å². The van der Waals surface area contributed by atoms with E-state index in [1.165, 1.54) is 5.57 Å². The van der Waals surface area contributed by atoms with Crippen molar-refractivity contribution in [1.29, 1.82) is 5.26 Å². The zero-order valence-corrected chi connectivity index (χ0v) is 24.5. The molecule has 0 radical (unpaired) electrons. The molecular formula is C34H39ClN2O2. The first kappa shape index (κ1) is 28.9. The number of halogens is 1. The number of nitrogens with zero attached hydrogens (tertiary/aromatic N) is 2. The molecule has 2 aromatic rings. The first-order valence-electron chi connectivity index (χ1n) is 13.9. The Morgan fingerprint density at radius 3 is 2.46 bits per heavy atom. The third kappa shape index (κ3) is 5.94. The van der Waals surface area contributed by atoms with Crippen molar-refractivity contribution in [1.82, 2.24) is 4.98 Å². The molecule has 0 unspecified atom stereocenters. The van der Waals surface area contributed by atoms with Gasteiger partial charge < -0.3 is 9.84 Å². The zero-order valence-electron chi connectivity index (χ0n) is 23.8. The lowest BCUT2D eigenvalue weighted by Gasteiger charge is -2.61. The van der Waals surface area contributed by atoms with Crippen LogP contribution in [0.3, 0.4) is 0 Å². The van der Waals surface area contributed by atoms with Gasteiger partial charge in [-0.05, 0) is 68.4 Å². The Bertz CT molecular complexity index is 1360. The van der Waals surface area contributed by atoms with Gasteiger partial charge in [-0.3, -0.25) is 4.98 Å². The molecule has 0 bridgehead atoms. The molecule has 2 aliphatic rings. The van der Waals surface area contributed by atoms with Gasteiger partial charge in [0.2, 0.25) is 0 Å². The number of aryl methyl sites for hydroxylation is 1. The predicted molar refractivity (Wildman–Crippen MR) is 159 cm³/mol. The van der Waals surface area contributed by atoms with Gasteiger partial charge in [-0.2, -0.15) is 5.26 Å². The minimum atomic E-state index is -0.186. The van der Waals surface area contributed by atoms with Crippen LogP contribution in [0.5, 0.6) is 5.75 Å². The van der Waals surface area contributed by atoms with Crippen LogP contribution < -0.4 is 4.74 Å². The topological polar surface area (TPSA) is 66.1 Å². The Kier molecular flexibility index (Phi) is 8.60. The molecular weight excluding hydrogens is 504 g/mol. The highest BCUT2D eigenvalue weighted by Crippen LogP contribution is 2.60. The summed E-state index contributed by atoms with van der Waals surface area (Å²) in [6.45, 7) is 15.5.